The first-order valence-corrected chi connectivity index (χ1v) is 5.98. The van der Waals surface area contributed by atoms with E-state index in [0.717, 1.165) is 0 Å². The Morgan fingerprint density at radius 2 is 2.16 bits per heavy atom. The molecule has 1 unspecified atom stereocenters. The van der Waals surface area contributed by atoms with E-state index in [1.54, 1.807) is 25.1 Å². The van der Waals surface area contributed by atoms with E-state index in [9.17, 15) is 4.39 Å². The minimum Gasteiger partial charge on any atom is -0.334 e. The molecule has 2 aromatic rings. The molecule has 0 saturated heterocycles. The van der Waals surface area contributed by atoms with Gasteiger partial charge in [-0.15, -0.1) is 0 Å². The van der Waals surface area contributed by atoms with Gasteiger partial charge < -0.3 is 15.2 Å². The van der Waals surface area contributed by atoms with Gasteiger partial charge in [0.25, 0.3) is 5.89 Å². The predicted octanol–water partition coefficient (Wildman–Crippen LogP) is 1.75. The second-order valence-corrected chi connectivity index (χ2v) is 4.76. The van der Waals surface area contributed by atoms with E-state index in [0.29, 0.717) is 23.5 Å². The quantitative estimate of drug-likeness (QED) is 0.911. The zero-order chi connectivity index (χ0) is 14.0. The Morgan fingerprint density at radius 3 is 2.84 bits per heavy atom. The smallest absolute Gasteiger partial charge is 0.260 e. The Balaban J connectivity index is 2.28. The summed E-state index contributed by atoms with van der Waals surface area (Å²) in [7, 11) is 3.81. The van der Waals surface area contributed by atoms with Crippen molar-refractivity contribution in [1.29, 1.82) is 0 Å². The van der Waals surface area contributed by atoms with Gasteiger partial charge in [-0.1, -0.05) is 17.3 Å². The molecule has 1 heterocycles. The summed E-state index contributed by atoms with van der Waals surface area (Å²) in [5.74, 6) is 0.189. The second-order valence-electron chi connectivity index (χ2n) is 4.76. The highest BCUT2D eigenvalue weighted by atomic mass is 19.1. The Morgan fingerprint density at radius 1 is 1.42 bits per heavy atom. The molecule has 19 heavy (non-hydrogen) atoms. The third-order valence-corrected chi connectivity index (χ3v) is 2.76. The molecule has 0 bridgehead atoms. The summed E-state index contributed by atoms with van der Waals surface area (Å²) in [5, 5.41) is 3.81. The molecular formula is C13H17FN4O. The summed E-state index contributed by atoms with van der Waals surface area (Å²) in [4.78, 5) is 6.09. The lowest BCUT2D eigenvalue weighted by Gasteiger charge is -2.12. The Labute approximate surface area is 111 Å². The molecule has 5 nitrogen and oxygen atoms in total. The van der Waals surface area contributed by atoms with Crippen LogP contribution in [-0.2, 0) is 0 Å². The van der Waals surface area contributed by atoms with Crippen LogP contribution in [0.2, 0.25) is 0 Å². The van der Waals surface area contributed by atoms with E-state index in [4.69, 9.17) is 10.3 Å². The van der Waals surface area contributed by atoms with Gasteiger partial charge in [0.1, 0.15) is 5.82 Å². The molecule has 1 aromatic carbocycles. The van der Waals surface area contributed by atoms with E-state index in [2.05, 4.69) is 10.1 Å². The predicted molar refractivity (Wildman–Crippen MR) is 69.9 cm³/mol. The third-order valence-electron chi connectivity index (χ3n) is 2.76. The van der Waals surface area contributed by atoms with E-state index < -0.39 is 0 Å². The molecule has 2 N–H and O–H groups in total. The summed E-state index contributed by atoms with van der Waals surface area (Å²) < 4.78 is 19.0. The summed E-state index contributed by atoms with van der Waals surface area (Å²) in [5.41, 5.74) is 6.77. The average molecular weight is 264 g/mol. The summed E-state index contributed by atoms with van der Waals surface area (Å²) >= 11 is 0. The molecule has 2 rings (SSSR count). The van der Waals surface area contributed by atoms with Crippen molar-refractivity contribution in [3.63, 3.8) is 0 Å². The van der Waals surface area contributed by atoms with Crippen LogP contribution in [0.25, 0.3) is 11.5 Å². The Hall–Kier alpha value is -1.79. The molecule has 0 amide bonds. The van der Waals surface area contributed by atoms with E-state index in [1.165, 1.54) is 0 Å². The monoisotopic (exact) mass is 264 g/mol. The number of nitrogens with two attached hydrogens (primary N) is 1. The van der Waals surface area contributed by atoms with Crippen molar-refractivity contribution in [2.75, 3.05) is 20.6 Å². The first kappa shape index (κ1) is 13.6. The van der Waals surface area contributed by atoms with Gasteiger partial charge in [0.15, 0.2) is 5.82 Å². The highest BCUT2D eigenvalue weighted by Gasteiger charge is 2.18. The fourth-order valence-electron chi connectivity index (χ4n) is 1.78. The summed E-state index contributed by atoms with van der Waals surface area (Å²) in [6, 6.07) is 4.68. The van der Waals surface area contributed by atoms with Crippen LogP contribution < -0.4 is 5.73 Å². The van der Waals surface area contributed by atoms with E-state index >= 15 is 0 Å². The minimum absolute atomic E-state index is 0.158. The van der Waals surface area contributed by atoms with Crippen molar-refractivity contribution < 1.29 is 8.91 Å². The highest BCUT2D eigenvalue weighted by molar-refractivity contribution is 5.55. The lowest BCUT2D eigenvalue weighted by Crippen LogP contribution is -2.26. The topological polar surface area (TPSA) is 68.2 Å². The van der Waals surface area contributed by atoms with Crippen LogP contribution in [0.3, 0.4) is 0 Å². The average Bonchev–Trinajstić information content (AvgIpc) is 2.81. The van der Waals surface area contributed by atoms with Crippen molar-refractivity contribution >= 4 is 0 Å². The zero-order valence-electron chi connectivity index (χ0n) is 11.2. The third kappa shape index (κ3) is 2.97. The largest absolute Gasteiger partial charge is 0.334 e. The van der Waals surface area contributed by atoms with Crippen molar-refractivity contribution in [2.45, 2.75) is 13.0 Å². The maximum atomic E-state index is 13.9. The SMILES string of the molecule is Cc1cccc(-c2nc(C(N)CN(C)C)no2)c1F. The van der Waals surface area contributed by atoms with Crippen LogP contribution in [0, 0.1) is 12.7 Å². The molecule has 0 aliphatic rings. The molecule has 0 radical (unpaired) electrons. The van der Waals surface area contributed by atoms with E-state index in [1.807, 2.05) is 19.0 Å². The number of aromatic nitrogens is 2. The normalized spacial score (nSPS) is 12.9. The highest BCUT2D eigenvalue weighted by Crippen LogP contribution is 2.23. The molecule has 0 aliphatic carbocycles. The minimum atomic E-state index is -0.361. The molecule has 0 saturated carbocycles. The van der Waals surface area contributed by atoms with Gasteiger partial charge in [0, 0.05) is 6.54 Å². The number of benzene rings is 1. The standard InChI is InChI=1S/C13H17FN4O/c1-8-5-4-6-9(11(8)14)13-16-12(17-19-13)10(15)7-18(2)3/h4-6,10H,7,15H2,1-3H3. The molecule has 102 valence electrons. The number of halogens is 1. The molecule has 1 aromatic heterocycles. The van der Waals surface area contributed by atoms with Crippen LogP contribution in [0.15, 0.2) is 22.7 Å². The van der Waals surface area contributed by atoms with Crippen LogP contribution in [-0.4, -0.2) is 35.7 Å². The molecule has 0 fully saturated rings. The van der Waals surface area contributed by atoms with Gasteiger partial charge >= 0.3 is 0 Å². The number of rotatable bonds is 4. The van der Waals surface area contributed by atoms with Gasteiger partial charge in [-0.25, -0.2) is 4.39 Å². The van der Waals surface area contributed by atoms with Crippen LogP contribution in [0.1, 0.15) is 17.4 Å². The molecular weight excluding hydrogens is 247 g/mol. The number of hydrogen-bond acceptors (Lipinski definition) is 5. The van der Waals surface area contributed by atoms with Crippen LogP contribution >= 0.6 is 0 Å². The number of likely N-dealkylation sites (N-methyl/N-ethyl adjacent to an activating group) is 1. The zero-order valence-corrected chi connectivity index (χ0v) is 11.2. The molecule has 6 heteroatoms. The lowest BCUT2D eigenvalue weighted by atomic mass is 10.1. The van der Waals surface area contributed by atoms with Gasteiger partial charge in [-0.2, -0.15) is 4.98 Å². The maximum absolute atomic E-state index is 13.9. The maximum Gasteiger partial charge on any atom is 0.260 e. The van der Waals surface area contributed by atoms with Gasteiger partial charge in [0.05, 0.1) is 11.6 Å². The molecule has 0 spiro atoms. The Kier molecular flexibility index (Phi) is 3.92. The van der Waals surface area contributed by atoms with Crippen LogP contribution in [0.4, 0.5) is 4.39 Å². The molecule has 0 aliphatic heterocycles. The van der Waals surface area contributed by atoms with Crippen LogP contribution in [0.5, 0.6) is 0 Å². The number of hydrogen-bond donors (Lipinski definition) is 1. The molecule has 1 atom stereocenters. The van der Waals surface area contributed by atoms with Crippen molar-refractivity contribution in [3.8, 4) is 11.5 Å². The fraction of sp³-hybridized carbons (Fsp3) is 0.385. The number of aryl methyl sites for hydroxylation is 1. The van der Waals surface area contributed by atoms with Gasteiger partial charge in [-0.3, -0.25) is 0 Å². The number of nitrogens with zero attached hydrogens (tertiary/aromatic N) is 3. The Bertz CT molecular complexity index is 568. The van der Waals surface area contributed by atoms with E-state index in [-0.39, 0.29) is 17.7 Å². The second kappa shape index (κ2) is 5.46. The fourth-order valence-corrected chi connectivity index (χ4v) is 1.78. The summed E-state index contributed by atoms with van der Waals surface area (Å²) in [6.07, 6.45) is 0. The first-order chi connectivity index (χ1) is 8.99. The van der Waals surface area contributed by atoms with Crippen molar-refractivity contribution in [3.05, 3.63) is 35.4 Å². The lowest BCUT2D eigenvalue weighted by molar-refractivity contribution is 0.357. The van der Waals surface area contributed by atoms with Gasteiger partial charge in [-0.05, 0) is 32.6 Å². The van der Waals surface area contributed by atoms with Crippen molar-refractivity contribution in [1.82, 2.24) is 15.0 Å². The summed E-state index contributed by atoms with van der Waals surface area (Å²) in [6.45, 7) is 2.28. The van der Waals surface area contributed by atoms with Gasteiger partial charge in [0.2, 0.25) is 0 Å². The van der Waals surface area contributed by atoms with Crippen molar-refractivity contribution in [2.24, 2.45) is 5.73 Å². The first-order valence-electron chi connectivity index (χ1n) is 5.98.